The van der Waals surface area contributed by atoms with Crippen LogP contribution in [0, 0.1) is 0 Å². The minimum atomic E-state index is -4.31. The predicted octanol–water partition coefficient (Wildman–Crippen LogP) is 2.38. The maximum atomic E-state index is 11.9. The molecule has 0 radical (unpaired) electrons. The van der Waals surface area contributed by atoms with Crippen LogP contribution in [0.4, 0.5) is 24.5 Å². The number of hydrogen-bond acceptors (Lipinski definition) is 3. The zero-order chi connectivity index (χ0) is 15.3. The van der Waals surface area contributed by atoms with Crippen molar-refractivity contribution in [2.24, 2.45) is 0 Å². The molecule has 0 aromatic heterocycles. The lowest BCUT2D eigenvalue weighted by Gasteiger charge is -2.17. The van der Waals surface area contributed by atoms with Crippen molar-refractivity contribution in [1.82, 2.24) is 5.32 Å². The van der Waals surface area contributed by atoms with Crippen LogP contribution in [-0.4, -0.2) is 38.3 Å². The van der Waals surface area contributed by atoms with Gasteiger partial charge in [-0.15, -0.1) is 0 Å². The molecular weight excluding hydrogens is 283 g/mol. The smallest absolute Gasteiger partial charge is 0.372 e. The molecule has 1 aromatic carbocycles. The van der Waals surface area contributed by atoms with E-state index in [-0.39, 0.29) is 6.54 Å². The largest absolute Gasteiger partial charge is 0.401 e. The highest BCUT2D eigenvalue weighted by atomic mass is 19.4. The molecule has 0 spiro atoms. The number of alkyl halides is 3. The first-order valence-electron chi connectivity index (χ1n) is 6.86. The second-order valence-electron chi connectivity index (χ2n) is 5.01. The second-order valence-corrected chi connectivity index (χ2v) is 5.01. The fourth-order valence-corrected chi connectivity index (χ4v) is 2.25. The lowest BCUT2D eigenvalue weighted by atomic mass is 10.2. The Labute approximate surface area is 121 Å². The number of halogens is 3. The quantitative estimate of drug-likeness (QED) is 0.877. The van der Waals surface area contributed by atoms with Crippen LogP contribution in [0.25, 0.3) is 0 Å². The van der Waals surface area contributed by atoms with Crippen molar-refractivity contribution in [1.29, 1.82) is 0 Å². The lowest BCUT2D eigenvalue weighted by molar-refractivity contribution is -0.126. The van der Waals surface area contributed by atoms with Gasteiger partial charge in [-0.1, -0.05) is 0 Å². The zero-order valence-electron chi connectivity index (χ0n) is 11.5. The van der Waals surface area contributed by atoms with Gasteiger partial charge in [-0.05, 0) is 37.1 Å². The third-order valence-electron chi connectivity index (χ3n) is 3.23. The minimum Gasteiger partial charge on any atom is -0.372 e. The summed E-state index contributed by atoms with van der Waals surface area (Å²) in [6, 6.07) is 7.33. The normalized spacial score (nSPS) is 15.3. The number of nitrogens with zero attached hydrogens (tertiary/aromatic N) is 1. The van der Waals surface area contributed by atoms with E-state index >= 15 is 0 Å². The van der Waals surface area contributed by atoms with Gasteiger partial charge < -0.3 is 15.5 Å². The first kappa shape index (κ1) is 15.6. The topological polar surface area (TPSA) is 44.4 Å². The van der Waals surface area contributed by atoms with E-state index in [1.807, 2.05) is 12.1 Å². The number of amides is 1. The third-order valence-corrected chi connectivity index (χ3v) is 3.23. The number of benzene rings is 1. The molecule has 1 heterocycles. The summed E-state index contributed by atoms with van der Waals surface area (Å²) in [5.41, 5.74) is 1.68. The number of carbonyl (C=O) groups is 1. The van der Waals surface area contributed by atoms with Gasteiger partial charge in [0, 0.05) is 24.5 Å². The SMILES string of the molecule is O=C(CNCC(F)(F)F)Nc1ccc(N2CCCC2)cc1. The van der Waals surface area contributed by atoms with Crippen molar-refractivity contribution in [3.8, 4) is 0 Å². The summed E-state index contributed by atoms with van der Waals surface area (Å²) in [5.74, 6) is -0.492. The molecule has 21 heavy (non-hydrogen) atoms. The molecule has 0 saturated carbocycles. The minimum absolute atomic E-state index is 0.368. The average Bonchev–Trinajstić information content (AvgIpc) is 2.92. The van der Waals surface area contributed by atoms with E-state index in [9.17, 15) is 18.0 Å². The Kier molecular flexibility index (Phi) is 5.06. The fraction of sp³-hybridized carbons (Fsp3) is 0.500. The summed E-state index contributed by atoms with van der Waals surface area (Å²) < 4.78 is 35.8. The van der Waals surface area contributed by atoms with E-state index in [2.05, 4.69) is 15.5 Å². The van der Waals surface area contributed by atoms with Gasteiger partial charge in [0.25, 0.3) is 0 Å². The number of hydrogen-bond donors (Lipinski definition) is 2. The molecule has 1 aliphatic rings. The van der Waals surface area contributed by atoms with E-state index in [1.165, 1.54) is 12.8 Å². The van der Waals surface area contributed by atoms with Crippen LogP contribution in [0.15, 0.2) is 24.3 Å². The molecule has 0 unspecified atom stereocenters. The number of rotatable bonds is 5. The number of nitrogens with one attached hydrogen (secondary N) is 2. The molecule has 4 nitrogen and oxygen atoms in total. The summed E-state index contributed by atoms with van der Waals surface area (Å²) in [7, 11) is 0. The Bertz CT molecular complexity index is 467. The Morgan fingerprint density at radius 1 is 1.14 bits per heavy atom. The van der Waals surface area contributed by atoms with Gasteiger partial charge in [0.05, 0.1) is 13.1 Å². The van der Waals surface area contributed by atoms with Crippen molar-refractivity contribution < 1.29 is 18.0 Å². The molecule has 2 N–H and O–H groups in total. The van der Waals surface area contributed by atoms with Crippen LogP contribution < -0.4 is 15.5 Å². The first-order valence-corrected chi connectivity index (χ1v) is 6.86. The monoisotopic (exact) mass is 301 g/mol. The molecule has 1 aromatic rings. The van der Waals surface area contributed by atoms with Crippen LogP contribution in [0.1, 0.15) is 12.8 Å². The molecular formula is C14H18F3N3O. The van der Waals surface area contributed by atoms with Crippen molar-refractivity contribution in [3.05, 3.63) is 24.3 Å². The highest BCUT2D eigenvalue weighted by Crippen LogP contribution is 2.21. The zero-order valence-corrected chi connectivity index (χ0v) is 11.5. The molecule has 7 heteroatoms. The summed E-state index contributed by atoms with van der Waals surface area (Å²) in [5, 5.41) is 4.61. The summed E-state index contributed by atoms with van der Waals surface area (Å²) in [4.78, 5) is 13.7. The van der Waals surface area contributed by atoms with Gasteiger partial charge in [0.15, 0.2) is 0 Å². The average molecular weight is 301 g/mol. The van der Waals surface area contributed by atoms with Crippen molar-refractivity contribution in [2.45, 2.75) is 19.0 Å². The van der Waals surface area contributed by atoms with Crippen LogP contribution in [0.5, 0.6) is 0 Å². The molecule has 1 saturated heterocycles. The second kappa shape index (κ2) is 6.80. The highest BCUT2D eigenvalue weighted by Gasteiger charge is 2.26. The van der Waals surface area contributed by atoms with Crippen LogP contribution >= 0.6 is 0 Å². The van der Waals surface area contributed by atoms with Crippen molar-refractivity contribution in [2.75, 3.05) is 36.4 Å². The molecule has 2 rings (SSSR count). The Balaban J connectivity index is 1.78. The number of carbonyl (C=O) groups excluding carboxylic acids is 1. The van der Waals surface area contributed by atoms with Gasteiger partial charge >= 0.3 is 6.18 Å². The maximum absolute atomic E-state index is 11.9. The van der Waals surface area contributed by atoms with Crippen molar-refractivity contribution >= 4 is 17.3 Å². The van der Waals surface area contributed by atoms with E-state index in [0.717, 1.165) is 18.8 Å². The van der Waals surface area contributed by atoms with E-state index in [0.29, 0.717) is 5.69 Å². The van der Waals surface area contributed by atoms with E-state index in [4.69, 9.17) is 0 Å². The molecule has 0 atom stereocenters. The summed E-state index contributed by atoms with van der Waals surface area (Å²) in [6.45, 7) is 0.530. The summed E-state index contributed by atoms with van der Waals surface area (Å²) in [6.07, 6.45) is -1.94. The van der Waals surface area contributed by atoms with Gasteiger partial charge in [-0.25, -0.2) is 0 Å². The first-order chi connectivity index (χ1) is 9.94. The van der Waals surface area contributed by atoms with Crippen LogP contribution in [0.2, 0.25) is 0 Å². The number of anilines is 2. The van der Waals surface area contributed by atoms with Gasteiger partial charge in [-0.2, -0.15) is 13.2 Å². The molecule has 116 valence electrons. The van der Waals surface area contributed by atoms with Crippen LogP contribution in [0.3, 0.4) is 0 Å². The van der Waals surface area contributed by atoms with Crippen LogP contribution in [-0.2, 0) is 4.79 Å². The Morgan fingerprint density at radius 3 is 2.33 bits per heavy atom. The Hall–Kier alpha value is -1.76. The van der Waals surface area contributed by atoms with Gasteiger partial charge in [-0.3, -0.25) is 4.79 Å². The third kappa shape index (κ3) is 5.26. The standard InChI is InChI=1S/C14H18F3N3O/c15-14(16,17)10-18-9-13(21)19-11-3-5-12(6-4-11)20-7-1-2-8-20/h3-6,18H,1-2,7-10H2,(H,19,21). The fourth-order valence-electron chi connectivity index (χ4n) is 2.25. The predicted molar refractivity (Wildman–Crippen MR) is 75.4 cm³/mol. The highest BCUT2D eigenvalue weighted by molar-refractivity contribution is 5.92. The summed E-state index contributed by atoms with van der Waals surface area (Å²) >= 11 is 0. The van der Waals surface area contributed by atoms with E-state index in [1.54, 1.807) is 12.1 Å². The van der Waals surface area contributed by atoms with Gasteiger partial charge in [0.2, 0.25) is 5.91 Å². The van der Waals surface area contributed by atoms with Crippen molar-refractivity contribution in [3.63, 3.8) is 0 Å². The lowest BCUT2D eigenvalue weighted by Crippen LogP contribution is -2.35. The Morgan fingerprint density at radius 2 is 1.76 bits per heavy atom. The molecule has 1 amide bonds. The molecule has 0 aliphatic carbocycles. The molecule has 0 bridgehead atoms. The van der Waals surface area contributed by atoms with E-state index < -0.39 is 18.6 Å². The maximum Gasteiger partial charge on any atom is 0.401 e. The molecule has 1 aliphatic heterocycles. The molecule has 1 fully saturated rings. The van der Waals surface area contributed by atoms with Gasteiger partial charge in [0.1, 0.15) is 0 Å².